The summed E-state index contributed by atoms with van der Waals surface area (Å²) in [6, 6.07) is 10.3. The first-order chi connectivity index (χ1) is 65.4. The third-order valence-corrected chi connectivity index (χ3v) is 35.1. The highest BCUT2D eigenvalue weighted by atomic mass is 16.3. The Labute approximate surface area is 827 Å². The third-order valence-electron chi connectivity index (χ3n) is 35.1. The lowest BCUT2D eigenvalue weighted by atomic mass is 9.67. The molecule has 1 aromatic rings. The predicted octanol–water partition coefficient (Wildman–Crippen LogP) is 2.39. The predicted molar refractivity (Wildman–Crippen MR) is 525 cm³/mol. The number of Topliss-reactive ketones (excluding diaryl/α,β-unsaturated/α-hetero) is 7. The summed E-state index contributed by atoms with van der Waals surface area (Å²) in [6.07, 6.45) is 21.0. The number of primary amides is 6. The summed E-state index contributed by atoms with van der Waals surface area (Å²) < 4.78 is 0. The van der Waals surface area contributed by atoms with E-state index in [9.17, 15) is 103 Å². The average molecular weight is 1970 g/mol. The maximum Gasteiger partial charge on any atom is 0.242 e. The van der Waals surface area contributed by atoms with E-state index >= 15 is 0 Å². The Morgan fingerprint density at radius 3 is 1.11 bits per heavy atom. The van der Waals surface area contributed by atoms with Crippen LogP contribution >= 0.6 is 0 Å². The molecule has 15 aliphatic rings. The van der Waals surface area contributed by atoms with Crippen LogP contribution in [0.25, 0.3) is 0 Å². The fraction of sp³-hybridized carbons (Fsp3) is 0.796. The maximum absolute atomic E-state index is 12.5. The molecule has 37 heteroatoms. The minimum absolute atomic E-state index is 0. The number of β-lactam (4-membered cyclic amide) rings is 2. The van der Waals surface area contributed by atoms with Gasteiger partial charge >= 0.3 is 0 Å². The van der Waals surface area contributed by atoms with E-state index in [2.05, 4.69) is 85.6 Å². The lowest BCUT2D eigenvalue weighted by Gasteiger charge is -2.47. The zero-order chi connectivity index (χ0) is 103. The summed E-state index contributed by atoms with van der Waals surface area (Å²) in [5, 5.41) is 69.3. The fourth-order valence-electron chi connectivity index (χ4n) is 25.8. The van der Waals surface area contributed by atoms with Gasteiger partial charge < -0.3 is 81.0 Å². The molecule has 788 valence electrons. The van der Waals surface area contributed by atoms with Crippen LogP contribution in [0, 0.1) is 40.9 Å². The molecule has 8 amide bonds. The van der Waals surface area contributed by atoms with Crippen molar-refractivity contribution in [3.63, 3.8) is 0 Å². The van der Waals surface area contributed by atoms with E-state index in [1.165, 1.54) is 19.4 Å². The fourth-order valence-corrected chi connectivity index (χ4v) is 25.8. The quantitative estimate of drug-likeness (QED) is 0.0429. The first-order valence-electron chi connectivity index (χ1n) is 51.7. The van der Waals surface area contributed by atoms with Gasteiger partial charge in [0.25, 0.3) is 0 Å². The molecule has 0 radical (unpaired) electrons. The van der Waals surface area contributed by atoms with Gasteiger partial charge in [0.05, 0.1) is 111 Å². The van der Waals surface area contributed by atoms with Crippen LogP contribution in [0.5, 0.6) is 0 Å². The molecule has 140 heavy (non-hydrogen) atoms. The van der Waals surface area contributed by atoms with Crippen LogP contribution in [0.4, 0.5) is 0 Å². The largest absolute Gasteiger partial charge is 0.393 e. The molecule has 9 aliphatic heterocycles. The lowest BCUT2D eigenvalue weighted by molar-refractivity contribution is -0.143. The molecular weight excluding hydrogens is 1800 g/mol. The lowest BCUT2D eigenvalue weighted by Crippen LogP contribution is -2.69. The van der Waals surface area contributed by atoms with Crippen molar-refractivity contribution in [2.45, 2.75) is 420 Å². The molecule has 15 fully saturated rings. The molecule has 0 bridgehead atoms. The van der Waals surface area contributed by atoms with E-state index in [0.29, 0.717) is 156 Å². The van der Waals surface area contributed by atoms with Gasteiger partial charge in [-0.25, -0.2) is 0 Å². The Balaban J connectivity index is 0.000000183. The Morgan fingerprint density at radius 1 is 0.429 bits per heavy atom. The van der Waals surface area contributed by atoms with E-state index in [-0.39, 0.29) is 88.5 Å². The van der Waals surface area contributed by atoms with Crippen molar-refractivity contribution in [1.29, 1.82) is 0 Å². The number of carbonyl (C=O) groups excluding carboxylic acids is 15. The summed E-state index contributed by atoms with van der Waals surface area (Å²) in [6.45, 7) is 26.7. The standard InChI is InChI=1S/C20H28N2O3.C17H30N2O3.C15H24N2O4.C15H26N2O3.C14H24N2O3.C11H16N2O2.C10H18N4O3.CH4/c1-14(23)17(19(21)25)8-7-16-9-11-20(12-10-18(20)24)22(16)13-15-5-3-2-4-6-15;1-11(2)10-19-13(4-5-14(12(3)20)16(18)22)6-8-17(19)9-7-15(17)21;1-3-17-11(4-6-15(17)7-5-13(15)20)12(19)8-10(9(2)18)14(16)21;1-3-17-11(4-5-12(10(2)18)14(16)20)6-8-15(17)9-7-13(15)19;1-9(17)11(13(15)19)4-3-10-5-7-14(16(10)2)8-6-12(14)18;1-2-13-7-10(6-12-9(10)15)5-11(13)4-3-8(11)14;1-5(15)7(8(11)16)14-6-2-10(13-3-6)4-12-9(10)17;/h2-6,14,16-17,23H,7-13H2,1H3,(H2,21,25);11-14,20H,4-10H2,1-3H3,(H2,18,22);9-11,18H,3-8H2,1-2H3,(H2,16,21);10-12,18H,3-9H2,1-2H3,(H2,16,20);9-11,17H,3-8H2,1-2H3,(H2,15,19);2-7H2,1H3,(H,12,15);5-7,13-15H,2-4H2,1H3,(H2,11,16)(H,12,17);1H4/t14-,16?,17+,20?;12-,13?,14+,17?;9-,10+,11?,15?;10-,11?,12+,15?;9-,10?,11+,14?;;5-,6?,7+,10?;/m11111.1./s1. The second-order valence-corrected chi connectivity index (χ2v) is 43.6. The van der Waals surface area contributed by atoms with Crippen molar-refractivity contribution in [3.05, 3.63) is 35.9 Å². The van der Waals surface area contributed by atoms with Gasteiger partial charge in [0.1, 0.15) is 11.6 Å². The second kappa shape index (κ2) is 48.4. The molecule has 6 saturated carbocycles. The molecule has 9 heterocycles. The molecule has 37 nitrogen and oxygen atoms in total. The first kappa shape index (κ1) is 116. The smallest absolute Gasteiger partial charge is 0.242 e. The van der Waals surface area contributed by atoms with Crippen molar-refractivity contribution >= 4 is 87.7 Å². The number of carbonyl (C=O) groups is 15. The number of nitrogens with one attached hydrogen (secondary N) is 4. The number of ketones is 7. The summed E-state index contributed by atoms with van der Waals surface area (Å²) in [7, 11) is 2.01. The Kier molecular flexibility index (Phi) is 40.0. The number of nitrogens with two attached hydrogens (primary N) is 6. The average Bonchev–Trinajstić information content (AvgIpc) is 1.55. The van der Waals surface area contributed by atoms with Gasteiger partial charge in [-0.15, -0.1) is 0 Å². The molecule has 16 rings (SSSR count). The van der Waals surface area contributed by atoms with Gasteiger partial charge in [0.2, 0.25) is 47.3 Å². The molecule has 26 atom stereocenters. The molecule has 1 aromatic carbocycles. The maximum atomic E-state index is 12.5. The molecule has 9 saturated heterocycles. The van der Waals surface area contributed by atoms with E-state index < -0.39 is 119 Å². The van der Waals surface area contributed by atoms with Crippen molar-refractivity contribution in [2.24, 2.45) is 75.3 Å². The van der Waals surface area contributed by atoms with Gasteiger partial charge in [0, 0.05) is 114 Å². The molecule has 0 aromatic heterocycles. The normalized spacial score (nSPS) is 33.3. The van der Waals surface area contributed by atoms with Gasteiger partial charge in [-0.3, -0.25) is 107 Å². The monoisotopic (exact) mass is 1970 g/mol. The summed E-state index contributed by atoms with van der Waals surface area (Å²) >= 11 is 0. The zero-order valence-corrected chi connectivity index (χ0v) is 84.5. The van der Waals surface area contributed by atoms with Crippen LogP contribution in [0.2, 0.25) is 0 Å². The van der Waals surface area contributed by atoms with Crippen LogP contribution in [0.1, 0.15) is 301 Å². The first-order valence-corrected chi connectivity index (χ1v) is 51.7. The van der Waals surface area contributed by atoms with E-state index in [0.717, 1.165) is 161 Å². The van der Waals surface area contributed by atoms with E-state index in [4.69, 9.17) is 34.4 Å². The number of likely N-dealkylation sites (tertiary alicyclic amines) is 6. The molecule has 6 aliphatic carbocycles. The van der Waals surface area contributed by atoms with Crippen molar-refractivity contribution < 1.29 is 103 Å². The summed E-state index contributed by atoms with van der Waals surface area (Å²) in [5.74, 6) is -3.23. The number of amides is 8. The van der Waals surface area contributed by atoms with Gasteiger partial charge in [-0.1, -0.05) is 72.4 Å². The van der Waals surface area contributed by atoms with Crippen molar-refractivity contribution in [1.82, 2.24) is 50.7 Å². The minimum atomic E-state index is -0.942. The van der Waals surface area contributed by atoms with Gasteiger partial charge in [-0.05, 0) is 247 Å². The SMILES string of the molecule is C.CC(C)CN1C(CC[C@H](C(N)=O)[C@@H](C)O)CCC12CCC2=O.CCN1C(C(=O)C[C@H](C(N)=O)[C@@H](C)O)CCC12CCC2=O.CCN1C(CC[C@H](C(N)=O)[C@@H](C)O)CCC12CCC2=O.CCN1CC2(CNC2=O)CC12CCC2=O.C[C@@H](O)[C@H](CCC1CCC2(CCC2=O)N1C)C(N)=O.C[C@@H](O)[C@H](CCC1CCC2(CCC2=O)N1Cc1ccccc1)C(N)=O.C[C@@H](O)[C@H](NC1CNC2(CNC2=O)C1)C(N)=O. The Bertz CT molecular complexity index is 4560. The van der Waals surface area contributed by atoms with Crippen molar-refractivity contribution in [2.75, 3.05) is 59.4 Å². The van der Waals surface area contributed by atoms with Crippen molar-refractivity contribution in [3.8, 4) is 0 Å². The number of hydrogen-bond donors (Lipinski definition) is 16. The zero-order valence-electron chi connectivity index (χ0n) is 84.5. The number of hydrogen-bond acceptors (Lipinski definition) is 29. The summed E-state index contributed by atoms with van der Waals surface area (Å²) in [5.41, 5.74) is 30.7. The molecule has 8 spiro atoms. The Hall–Kier alpha value is -7.89. The van der Waals surface area contributed by atoms with Gasteiger partial charge in [-0.2, -0.15) is 0 Å². The number of nitrogens with zero attached hydrogens (tertiary/aromatic N) is 6. The number of likely N-dealkylation sites (N-methyl/N-ethyl adjacent to an activating group) is 4. The highest BCUT2D eigenvalue weighted by molar-refractivity contribution is 6.00. The molecule has 14 unspecified atom stereocenters. The number of rotatable bonds is 36. The Morgan fingerprint density at radius 2 is 0.800 bits per heavy atom. The third kappa shape index (κ3) is 24.4. The van der Waals surface area contributed by atoms with Crippen LogP contribution in [0.3, 0.4) is 0 Å². The van der Waals surface area contributed by atoms with Crippen LogP contribution < -0.4 is 55.7 Å². The molecular formula is C103H170N16O21. The van der Waals surface area contributed by atoms with Crippen LogP contribution in [-0.2, 0) is 78.5 Å². The van der Waals surface area contributed by atoms with Crippen LogP contribution in [0.15, 0.2) is 30.3 Å². The number of aliphatic hydroxyl groups is 6. The molecule has 22 N–H and O–H groups in total. The highest BCUT2D eigenvalue weighted by Gasteiger charge is 2.66. The van der Waals surface area contributed by atoms with Crippen LogP contribution in [-0.4, -0.2) is 325 Å². The van der Waals surface area contributed by atoms with Gasteiger partial charge in [0.15, 0.2) is 40.5 Å². The number of benzene rings is 1. The highest BCUT2D eigenvalue weighted by Crippen LogP contribution is 2.54. The topological polar surface area (TPSA) is 601 Å². The minimum Gasteiger partial charge on any atom is -0.393 e. The summed E-state index contributed by atoms with van der Waals surface area (Å²) in [4.78, 5) is 189. The number of aliphatic hydroxyl groups excluding tert-OH is 6. The van der Waals surface area contributed by atoms with E-state index in [1.54, 1.807) is 27.7 Å². The van der Waals surface area contributed by atoms with E-state index in [1.807, 2.05) is 37.1 Å². The second-order valence-electron chi connectivity index (χ2n) is 43.6.